The Morgan fingerprint density at radius 3 is 2.27 bits per heavy atom. The Kier molecular flexibility index (Phi) is 4.41. The zero-order chi connectivity index (χ0) is 18.3. The van der Waals surface area contributed by atoms with Gasteiger partial charge in [0.2, 0.25) is 0 Å². The van der Waals surface area contributed by atoms with Crippen LogP contribution < -0.4 is 5.73 Å². The molecule has 0 saturated heterocycles. The lowest BCUT2D eigenvalue weighted by Gasteiger charge is -2.30. The molecule has 2 heterocycles. The fraction of sp³-hybridized carbons (Fsp3) is 0.0526. The predicted octanol–water partition coefficient (Wildman–Crippen LogP) is 5.15. The van der Waals surface area contributed by atoms with Gasteiger partial charge in [-0.1, -0.05) is 59.2 Å². The van der Waals surface area contributed by atoms with Crippen molar-refractivity contribution in [3.05, 3.63) is 86.5 Å². The van der Waals surface area contributed by atoms with Gasteiger partial charge in [-0.05, 0) is 35.4 Å². The van der Waals surface area contributed by atoms with Crippen LogP contribution in [0.15, 0.2) is 70.3 Å². The first-order valence-corrected chi connectivity index (χ1v) is 9.38. The highest BCUT2D eigenvalue weighted by Gasteiger charge is 2.35. The van der Waals surface area contributed by atoms with Crippen LogP contribution in [0.5, 0.6) is 0 Å². The smallest absolute Gasteiger partial charge is 0.174 e. The summed E-state index contributed by atoms with van der Waals surface area (Å²) in [4.78, 5) is 6.58. The van der Waals surface area contributed by atoms with E-state index in [0.717, 1.165) is 22.0 Å². The summed E-state index contributed by atoms with van der Waals surface area (Å²) in [6, 6.07) is 16.6. The van der Waals surface area contributed by atoms with Gasteiger partial charge in [0.05, 0.1) is 11.3 Å². The minimum atomic E-state index is -0.436. The van der Waals surface area contributed by atoms with Gasteiger partial charge in [0.1, 0.15) is 17.9 Å². The van der Waals surface area contributed by atoms with Gasteiger partial charge in [0.25, 0.3) is 0 Å². The molecule has 128 valence electrons. The van der Waals surface area contributed by atoms with E-state index in [1.165, 1.54) is 11.8 Å². The third-order valence-corrected chi connectivity index (χ3v) is 5.53. The monoisotopic (exact) mass is 398 g/mol. The van der Waals surface area contributed by atoms with Gasteiger partial charge < -0.3 is 5.73 Å². The van der Waals surface area contributed by atoms with Crippen molar-refractivity contribution < 1.29 is 0 Å². The molecule has 0 amide bonds. The molecule has 2 aliphatic rings. The van der Waals surface area contributed by atoms with Crippen molar-refractivity contribution in [3.63, 3.8) is 0 Å². The quantitative estimate of drug-likeness (QED) is 0.759. The second-order valence-electron chi connectivity index (χ2n) is 5.74. The Morgan fingerprint density at radius 2 is 1.65 bits per heavy atom. The molecule has 0 spiro atoms. The number of nitriles is 1. The number of halogens is 2. The lowest BCUT2D eigenvalue weighted by Crippen LogP contribution is -2.33. The fourth-order valence-electron chi connectivity index (χ4n) is 2.90. The second kappa shape index (κ2) is 6.73. The van der Waals surface area contributed by atoms with Crippen molar-refractivity contribution in [2.75, 3.05) is 0 Å². The zero-order valence-corrected chi connectivity index (χ0v) is 15.7. The highest BCUT2D eigenvalue weighted by Crippen LogP contribution is 2.43. The normalized spacial score (nSPS) is 19.0. The van der Waals surface area contributed by atoms with Crippen molar-refractivity contribution >= 4 is 45.8 Å². The maximum atomic E-state index is 9.71. The summed E-state index contributed by atoms with van der Waals surface area (Å²) in [5.41, 5.74) is 9.51. The van der Waals surface area contributed by atoms with Crippen LogP contribution in [0.3, 0.4) is 0 Å². The number of thioether (sulfide) groups is 1. The SMILES string of the molecule is N#CC1=C(N)N2C(c3ccc(Cl)cc3)=CSC2=NC1c1ccc(Cl)cc1. The summed E-state index contributed by atoms with van der Waals surface area (Å²) in [5.74, 6) is 0.392. The van der Waals surface area contributed by atoms with Crippen molar-refractivity contribution in [2.45, 2.75) is 6.04 Å². The molecular formula is C19H12Cl2N4S. The lowest BCUT2D eigenvalue weighted by atomic mass is 9.98. The van der Waals surface area contributed by atoms with Gasteiger partial charge in [-0.25, -0.2) is 4.99 Å². The molecule has 26 heavy (non-hydrogen) atoms. The summed E-state index contributed by atoms with van der Waals surface area (Å²) in [7, 11) is 0. The highest BCUT2D eigenvalue weighted by atomic mass is 35.5. The highest BCUT2D eigenvalue weighted by molar-refractivity contribution is 8.16. The number of rotatable bonds is 2. The van der Waals surface area contributed by atoms with E-state index in [1.54, 1.807) is 12.1 Å². The Bertz CT molecular complexity index is 1000. The van der Waals surface area contributed by atoms with E-state index in [4.69, 9.17) is 33.9 Å². The molecule has 4 rings (SSSR count). The van der Waals surface area contributed by atoms with E-state index >= 15 is 0 Å². The van der Waals surface area contributed by atoms with Gasteiger partial charge in [0.15, 0.2) is 5.17 Å². The summed E-state index contributed by atoms with van der Waals surface area (Å²) in [5, 5.41) is 13.7. The average Bonchev–Trinajstić information content (AvgIpc) is 3.07. The minimum absolute atomic E-state index is 0.392. The van der Waals surface area contributed by atoms with E-state index in [9.17, 15) is 5.26 Å². The first kappa shape index (κ1) is 17.0. The van der Waals surface area contributed by atoms with Crippen molar-refractivity contribution in [1.29, 1.82) is 5.26 Å². The van der Waals surface area contributed by atoms with Crippen LogP contribution in [0.4, 0.5) is 0 Å². The lowest BCUT2D eigenvalue weighted by molar-refractivity contribution is 0.651. The molecule has 2 N–H and O–H groups in total. The summed E-state index contributed by atoms with van der Waals surface area (Å²) < 4.78 is 0. The molecule has 0 radical (unpaired) electrons. The van der Waals surface area contributed by atoms with Crippen LogP contribution in [0.25, 0.3) is 5.70 Å². The van der Waals surface area contributed by atoms with Crippen LogP contribution in [0.2, 0.25) is 10.0 Å². The maximum Gasteiger partial charge on any atom is 0.174 e. The van der Waals surface area contributed by atoms with Crippen LogP contribution >= 0.6 is 35.0 Å². The van der Waals surface area contributed by atoms with E-state index in [-0.39, 0.29) is 0 Å². The molecule has 0 saturated carbocycles. The van der Waals surface area contributed by atoms with Crippen molar-refractivity contribution in [2.24, 2.45) is 10.7 Å². The molecule has 0 aromatic heterocycles. The molecule has 0 bridgehead atoms. The standard InChI is InChI=1S/C19H12Cl2N4S/c20-13-5-1-11(2-6-13)16-10-26-19-24-17(12-3-7-14(21)8-4-12)15(9-22)18(23)25(16)19/h1-8,10,17H,23H2. The topological polar surface area (TPSA) is 65.4 Å². The van der Waals surface area contributed by atoms with Gasteiger partial charge in [-0.2, -0.15) is 5.26 Å². The van der Waals surface area contributed by atoms with Crippen molar-refractivity contribution in [3.8, 4) is 6.07 Å². The number of nitrogens with two attached hydrogens (primary N) is 1. The molecule has 1 unspecified atom stereocenters. The molecule has 2 aromatic rings. The largest absolute Gasteiger partial charge is 0.384 e. The summed E-state index contributed by atoms with van der Waals surface area (Å²) >= 11 is 13.4. The molecule has 1 atom stereocenters. The van der Waals surface area contributed by atoms with E-state index < -0.39 is 6.04 Å². The molecule has 0 fully saturated rings. The first-order valence-electron chi connectivity index (χ1n) is 7.74. The van der Waals surface area contributed by atoms with Gasteiger partial charge in [0, 0.05) is 15.5 Å². The van der Waals surface area contributed by atoms with Gasteiger partial charge >= 0.3 is 0 Å². The number of hydrogen-bond donors (Lipinski definition) is 1. The number of hydrogen-bond acceptors (Lipinski definition) is 5. The summed E-state index contributed by atoms with van der Waals surface area (Å²) in [6.45, 7) is 0. The third-order valence-electron chi connectivity index (χ3n) is 4.18. The van der Waals surface area contributed by atoms with Crippen LogP contribution in [-0.4, -0.2) is 10.1 Å². The van der Waals surface area contributed by atoms with E-state index in [1.807, 2.05) is 46.7 Å². The van der Waals surface area contributed by atoms with E-state index in [0.29, 0.717) is 21.4 Å². The Hall–Kier alpha value is -2.39. The van der Waals surface area contributed by atoms with Crippen LogP contribution in [-0.2, 0) is 0 Å². The fourth-order valence-corrected chi connectivity index (χ4v) is 4.07. The number of benzene rings is 2. The Balaban J connectivity index is 1.76. The zero-order valence-electron chi connectivity index (χ0n) is 13.4. The molecular weight excluding hydrogens is 387 g/mol. The van der Waals surface area contributed by atoms with E-state index in [2.05, 4.69) is 6.07 Å². The van der Waals surface area contributed by atoms with Crippen LogP contribution in [0.1, 0.15) is 17.2 Å². The summed E-state index contributed by atoms with van der Waals surface area (Å²) in [6.07, 6.45) is 0. The molecule has 2 aliphatic heterocycles. The molecule has 2 aromatic carbocycles. The van der Waals surface area contributed by atoms with Gasteiger partial charge in [-0.3, -0.25) is 4.90 Å². The maximum absolute atomic E-state index is 9.71. The van der Waals surface area contributed by atoms with Gasteiger partial charge in [-0.15, -0.1) is 0 Å². The van der Waals surface area contributed by atoms with Crippen LogP contribution in [0, 0.1) is 11.3 Å². The minimum Gasteiger partial charge on any atom is -0.384 e. The second-order valence-corrected chi connectivity index (χ2v) is 7.45. The molecule has 0 aliphatic carbocycles. The number of amidine groups is 1. The van der Waals surface area contributed by atoms with Crippen molar-refractivity contribution in [1.82, 2.24) is 4.90 Å². The number of nitrogens with zero attached hydrogens (tertiary/aromatic N) is 3. The Labute approximate surface area is 165 Å². The molecule has 7 heteroatoms. The predicted molar refractivity (Wildman–Crippen MR) is 107 cm³/mol. The average molecular weight is 399 g/mol. The third kappa shape index (κ3) is 2.86. The molecule has 4 nitrogen and oxygen atoms in total. The Morgan fingerprint density at radius 1 is 1.04 bits per heavy atom. The number of aliphatic imine (C=N–C) groups is 1. The number of fused-ring (bicyclic) bond motifs is 1. The first-order chi connectivity index (χ1) is 12.6.